The SMILES string of the molecule is CCOCCCC(=O)N1CCC[C@@H]1C(=O)O. The first-order chi connectivity index (χ1) is 7.66. The van der Waals surface area contributed by atoms with Gasteiger partial charge in [-0.05, 0) is 26.2 Å². The van der Waals surface area contributed by atoms with Gasteiger partial charge in [-0.15, -0.1) is 0 Å². The molecule has 1 amide bonds. The van der Waals surface area contributed by atoms with E-state index in [9.17, 15) is 9.59 Å². The summed E-state index contributed by atoms with van der Waals surface area (Å²) in [5.74, 6) is -0.958. The fraction of sp³-hybridized carbons (Fsp3) is 0.818. The monoisotopic (exact) mass is 229 g/mol. The van der Waals surface area contributed by atoms with E-state index in [0.717, 1.165) is 6.42 Å². The predicted octanol–water partition coefficient (Wildman–Crippen LogP) is 0.879. The van der Waals surface area contributed by atoms with Crippen LogP contribution in [-0.2, 0) is 14.3 Å². The Kier molecular flexibility index (Phi) is 5.25. The summed E-state index contributed by atoms with van der Waals surface area (Å²) in [6.45, 7) is 3.69. The Morgan fingerprint density at radius 1 is 1.50 bits per heavy atom. The Bertz CT molecular complexity index is 254. The highest BCUT2D eigenvalue weighted by Gasteiger charge is 2.33. The molecule has 1 saturated heterocycles. The third kappa shape index (κ3) is 3.48. The van der Waals surface area contributed by atoms with Crippen LogP contribution in [-0.4, -0.2) is 47.7 Å². The molecule has 1 aliphatic heterocycles. The minimum absolute atomic E-state index is 0.0652. The lowest BCUT2D eigenvalue weighted by Crippen LogP contribution is -2.40. The second kappa shape index (κ2) is 6.48. The van der Waals surface area contributed by atoms with Crippen LogP contribution >= 0.6 is 0 Å². The maximum Gasteiger partial charge on any atom is 0.326 e. The van der Waals surface area contributed by atoms with Crippen molar-refractivity contribution in [1.82, 2.24) is 4.90 Å². The van der Waals surface area contributed by atoms with Gasteiger partial charge < -0.3 is 14.7 Å². The zero-order valence-electron chi connectivity index (χ0n) is 9.65. The van der Waals surface area contributed by atoms with Gasteiger partial charge in [-0.2, -0.15) is 0 Å². The molecule has 1 N–H and O–H groups in total. The number of aliphatic carboxylic acids is 1. The third-order valence-corrected chi connectivity index (χ3v) is 2.74. The third-order valence-electron chi connectivity index (χ3n) is 2.74. The van der Waals surface area contributed by atoms with E-state index >= 15 is 0 Å². The molecule has 1 heterocycles. The molecule has 1 atom stereocenters. The molecular weight excluding hydrogens is 210 g/mol. The van der Waals surface area contributed by atoms with Crippen LogP contribution in [0.1, 0.15) is 32.6 Å². The predicted molar refractivity (Wildman–Crippen MR) is 58.1 cm³/mol. The van der Waals surface area contributed by atoms with Gasteiger partial charge >= 0.3 is 5.97 Å². The molecule has 0 unspecified atom stereocenters. The summed E-state index contributed by atoms with van der Waals surface area (Å²) in [7, 11) is 0. The molecule has 1 rings (SSSR count). The van der Waals surface area contributed by atoms with Crippen molar-refractivity contribution in [2.45, 2.75) is 38.6 Å². The van der Waals surface area contributed by atoms with E-state index in [4.69, 9.17) is 9.84 Å². The molecule has 0 saturated carbocycles. The van der Waals surface area contributed by atoms with Gasteiger partial charge in [0.15, 0.2) is 0 Å². The van der Waals surface area contributed by atoms with Crippen LogP contribution in [0.5, 0.6) is 0 Å². The van der Waals surface area contributed by atoms with Gasteiger partial charge in [0.05, 0.1) is 0 Å². The van der Waals surface area contributed by atoms with Gasteiger partial charge in [-0.3, -0.25) is 4.79 Å². The first-order valence-electron chi connectivity index (χ1n) is 5.76. The summed E-state index contributed by atoms with van der Waals surface area (Å²) < 4.78 is 5.13. The number of amides is 1. The number of hydrogen-bond acceptors (Lipinski definition) is 3. The average molecular weight is 229 g/mol. The van der Waals surface area contributed by atoms with Crippen LogP contribution in [0.3, 0.4) is 0 Å². The zero-order valence-corrected chi connectivity index (χ0v) is 9.65. The standard InChI is InChI=1S/C11H19NO4/c1-2-16-8-4-6-10(13)12-7-3-5-9(12)11(14)15/h9H,2-8H2,1H3,(H,14,15)/t9-/m1/s1. The number of carbonyl (C=O) groups is 2. The molecule has 92 valence electrons. The molecule has 0 aliphatic carbocycles. The molecule has 16 heavy (non-hydrogen) atoms. The smallest absolute Gasteiger partial charge is 0.326 e. The number of nitrogens with zero attached hydrogens (tertiary/aromatic N) is 1. The molecule has 5 heteroatoms. The van der Waals surface area contributed by atoms with Crippen LogP contribution in [0, 0.1) is 0 Å². The van der Waals surface area contributed by atoms with Gasteiger partial charge in [-0.1, -0.05) is 0 Å². The van der Waals surface area contributed by atoms with E-state index < -0.39 is 12.0 Å². The van der Waals surface area contributed by atoms with Gasteiger partial charge in [0.1, 0.15) is 6.04 Å². The maximum absolute atomic E-state index is 11.7. The molecule has 1 aliphatic rings. The molecule has 0 spiro atoms. The van der Waals surface area contributed by atoms with Crippen LogP contribution in [0.15, 0.2) is 0 Å². The highest BCUT2D eigenvalue weighted by molar-refractivity contribution is 5.84. The summed E-state index contributed by atoms with van der Waals surface area (Å²) in [5, 5.41) is 8.92. The number of likely N-dealkylation sites (tertiary alicyclic amines) is 1. The van der Waals surface area contributed by atoms with E-state index in [2.05, 4.69) is 0 Å². The topological polar surface area (TPSA) is 66.8 Å². The Hall–Kier alpha value is -1.10. The summed E-state index contributed by atoms with van der Waals surface area (Å²) in [6, 6.07) is -0.611. The fourth-order valence-corrected chi connectivity index (χ4v) is 1.94. The van der Waals surface area contributed by atoms with Gasteiger partial charge in [0, 0.05) is 26.2 Å². The highest BCUT2D eigenvalue weighted by Crippen LogP contribution is 2.18. The van der Waals surface area contributed by atoms with E-state index in [-0.39, 0.29) is 5.91 Å². The number of carboxylic acid groups (broad SMARTS) is 1. The molecule has 0 aromatic heterocycles. The van der Waals surface area contributed by atoms with Crippen LogP contribution in [0.4, 0.5) is 0 Å². The highest BCUT2D eigenvalue weighted by atomic mass is 16.5. The van der Waals surface area contributed by atoms with Crippen molar-refractivity contribution in [2.75, 3.05) is 19.8 Å². The summed E-state index contributed by atoms with van der Waals surface area (Å²) >= 11 is 0. The number of hydrogen-bond donors (Lipinski definition) is 1. The van der Waals surface area contributed by atoms with Crippen molar-refractivity contribution in [3.63, 3.8) is 0 Å². The number of rotatable bonds is 6. The van der Waals surface area contributed by atoms with Crippen molar-refractivity contribution in [3.8, 4) is 0 Å². The first kappa shape index (κ1) is 13.0. The van der Waals surface area contributed by atoms with Crippen molar-refractivity contribution < 1.29 is 19.4 Å². The van der Waals surface area contributed by atoms with Crippen molar-refractivity contribution >= 4 is 11.9 Å². The van der Waals surface area contributed by atoms with Crippen LogP contribution in [0.25, 0.3) is 0 Å². The number of carboxylic acids is 1. The Balaban J connectivity index is 2.32. The van der Waals surface area contributed by atoms with Crippen molar-refractivity contribution in [1.29, 1.82) is 0 Å². The van der Waals surface area contributed by atoms with Crippen LogP contribution in [0.2, 0.25) is 0 Å². The van der Waals surface area contributed by atoms with Crippen LogP contribution < -0.4 is 0 Å². The summed E-state index contributed by atoms with van der Waals surface area (Å²) in [4.78, 5) is 24.1. The van der Waals surface area contributed by atoms with Gasteiger partial charge in [0.2, 0.25) is 5.91 Å². The van der Waals surface area contributed by atoms with E-state index in [0.29, 0.717) is 39.0 Å². The molecule has 1 fully saturated rings. The average Bonchev–Trinajstić information content (AvgIpc) is 2.73. The Morgan fingerprint density at radius 3 is 2.88 bits per heavy atom. The number of ether oxygens (including phenoxy) is 1. The minimum Gasteiger partial charge on any atom is -0.480 e. The van der Waals surface area contributed by atoms with Gasteiger partial charge in [0.25, 0.3) is 0 Å². The van der Waals surface area contributed by atoms with Crippen molar-refractivity contribution in [2.24, 2.45) is 0 Å². The molecule has 5 nitrogen and oxygen atoms in total. The van der Waals surface area contributed by atoms with E-state index in [1.54, 1.807) is 0 Å². The lowest BCUT2D eigenvalue weighted by Gasteiger charge is -2.21. The zero-order chi connectivity index (χ0) is 12.0. The first-order valence-corrected chi connectivity index (χ1v) is 5.76. The number of carbonyl (C=O) groups excluding carboxylic acids is 1. The largest absolute Gasteiger partial charge is 0.480 e. The summed E-state index contributed by atoms with van der Waals surface area (Å²) in [5.41, 5.74) is 0. The quantitative estimate of drug-likeness (QED) is 0.686. The second-order valence-corrected chi connectivity index (χ2v) is 3.88. The lowest BCUT2D eigenvalue weighted by molar-refractivity contribution is -0.148. The molecule has 0 aromatic carbocycles. The maximum atomic E-state index is 11.7. The van der Waals surface area contributed by atoms with Crippen molar-refractivity contribution in [3.05, 3.63) is 0 Å². The normalized spacial score (nSPS) is 20.1. The van der Waals surface area contributed by atoms with Gasteiger partial charge in [-0.25, -0.2) is 4.79 Å². The molecule has 0 aromatic rings. The lowest BCUT2D eigenvalue weighted by atomic mass is 10.2. The fourth-order valence-electron chi connectivity index (χ4n) is 1.94. The Morgan fingerprint density at radius 2 is 2.25 bits per heavy atom. The van der Waals surface area contributed by atoms with E-state index in [1.807, 2.05) is 6.92 Å². The minimum atomic E-state index is -0.893. The summed E-state index contributed by atoms with van der Waals surface area (Å²) in [6.07, 6.45) is 2.40. The second-order valence-electron chi connectivity index (χ2n) is 3.88. The Labute approximate surface area is 95.4 Å². The van der Waals surface area contributed by atoms with E-state index in [1.165, 1.54) is 4.90 Å². The molecule has 0 bridgehead atoms. The molecular formula is C11H19NO4. The molecule has 0 radical (unpaired) electrons.